The molecule has 2 aliphatic rings. The van der Waals surface area contributed by atoms with Gasteiger partial charge in [0.2, 0.25) is 0 Å². The zero-order valence-corrected chi connectivity index (χ0v) is 17.1. The van der Waals surface area contributed by atoms with Crippen molar-refractivity contribution in [2.24, 2.45) is 10.9 Å². The summed E-state index contributed by atoms with van der Waals surface area (Å²) in [6.07, 6.45) is 3.40. The summed E-state index contributed by atoms with van der Waals surface area (Å²) < 4.78 is 19.2. The average Bonchev–Trinajstić information content (AvgIpc) is 3.40. The van der Waals surface area contributed by atoms with Crippen LogP contribution in [0.4, 0.5) is 4.39 Å². The van der Waals surface area contributed by atoms with E-state index in [1.165, 1.54) is 11.1 Å². The Labute approximate surface area is 172 Å². The van der Waals surface area contributed by atoms with E-state index in [9.17, 15) is 4.39 Å². The van der Waals surface area contributed by atoms with E-state index in [-0.39, 0.29) is 11.2 Å². The molecule has 2 fully saturated rings. The molecule has 1 unspecified atom stereocenters. The molecule has 29 heavy (non-hydrogen) atoms. The van der Waals surface area contributed by atoms with Gasteiger partial charge >= 0.3 is 0 Å². The van der Waals surface area contributed by atoms with Crippen LogP contribution in [0.1, 0.15) is 30.4 Å². The summed E-state index contributed by atoms with van der Waals surface area (Å²) in [4.78, 5) is 6.83. The van der Waals surface area contributed by atoms with Crippen LogP contribution in [0.15, 0.2) is 59.6 Å². The van der Waals surface area contributed by atoms with Crippen LogP contribution in [0.3, 0.4) is 0 Å². The lowest BCUT2D eigenvalue weighted by atomic mass is 9.96. The minimum atomic E-state index is -0.175. The van der Waals surface area contributed by atoms with Crippen molar-refractivity contribution >= 4 is 5.96 Å². The number of hydrogen-bond acceptors (Lipinski definition) is 2. The summed E-state index contributed by atoms with van der Waals surface area (Å²) in [5, 5.41) is 3.57. The molecule has 0 amide bonds. The monoisotopic (exact) mass is 395 g/mol. The van der Waals surface area contributed by atoms with Gasteiger partial charge in [-0.15, -0.1) is 0 Å². The summed E-state index contributed by atoms with van der Waals surface area (Å²) in [6.45, 7) is 4.27. The lowest BCUT2D eigenvalue weighted by Crippen LogP contribution is -2.43. The zero-order valence-electron chi connectivity index (χ0n) is 17.1. The van der Waals surface area contributed by atoms with E-state index in [1.54, 1.807) is 12.1 Å². The number of benzene rings is 2. The molecular weight excluding hydrogens is 365 g/mol. The average molecular weight is 396 g/mol. The van der Waals surface area contributed by atoms with Gasteiger partial charge in [-0.1, -0.05) is 42.5 Å². The number of aliphatic imine (C=N–C) groups is 1. The highest BCUT2D eigenvalue weighted by molar-refractivity contribution is 5.80. The molecule has 1 aliphatic carbocycles. The number of rotatable bonds is 7. The SMILES string of the molecule is CN=C(NCC1(c2ccc(F)cc2)CC1)N1CCC(COCc2ccccc2)C1. The highest BCUT2D eigenvalue weighted by Crippen LogP contribution is 2.47. The number of guanidine groups is 1. The first-order valence-electron chi connectivity index (χ1n) is 10.5. The first-order chi connectivity index (χ1) is 14.2. The second-order valence-corrected chi connectivity index (χ2v) is 8.29. The van der Waals surface area contributed by atoms with Crippen molar-refractivity contribution in [2.45, 2.75) is 31.3 Å². The molecular formula is C24H30FN3O. The molecule has 154 valence electrons. The van der Waals surface area contributed by atoms with Gasteiger partial charge in [-0.05, 0) is 42.5 Å². The number of nitrogens with zero attached hydrogens (tertiary/aromatic N) is 2. The van der Waals surface area contributed by atoms with Crippen LogP contribution in [0.25, 0.3) is 0 Å². The molecule has 0 aromatic heterocycles. The molecule has 4 rings (SSSR count). The van der Waals surface area contributed by atoms with Gasteiger partial charge in [0, 0.05) is 38.0 Å². The van der Waals surface area contributed by atoms with E-state index >= 15 is 0 Å². The first-order valence-corrected chi connectivity index (χ1v) is 10.5. The van der Waals surface area contributed by atoms with Crippen LogP contribution in [0.2, 0.25) is 0 Å². The molecule has 5 heteroatoms. The Bertz CT molecular complexity index is 818. The Balaban J connectivity index is 1.24. The lowest BCUT2D eigenvalue weighted by molar-refractivity contribution is 0.0906. The normalized spacial score (nSPS) is 20.7. The van der Waals surface area contributed by atoms with E-state index in [0.29, 0.717) is 12.5 Å². The fourth-order valence-corrected chi connectivity index (χ4v) is 4.18. The Kier molecular flexibility index (Phi) is 6.14. The molecule has 1 heterocycles. The largest absolute Gasteiger partial charge is 0.376 e. The van der Waals surface area contributed by atoms with Crippen LogP contribution >= 0.6 is 0 Å². The predicted molar refractivity (Wildman–Crippen MR) is 114 cm³/mol. The third kappa shape index (κ3) is 4.96. The standard InChI is InChI=1S/C24H30FN3O/c1-26-23(27-18-24(12-13-24)21-7-9-22(25)10-8-21)28-14-11-20(15-28)17-29-16-19-5-3-2-4-6-19/h2-10,20H,11-18H2,1H3,(H,26,27). The molecule has 2 aromatic carbocycles. The second-order valence-electron chi connectivity index (χ2n) is 8.29. The van der Waals surface area contributed by atoms with Crippen molar-refractivity contribution in [3.63, 3.8) is 0 Å². The molecule has 1 atom stereocenters. The molecule has 1 saturated carbocycles. The van der Waals surface area contributed by atoms with Crippen molar-refractivity contribution in [1.82, 2.24) is 10.2 Å². The molecule has 2 aromatic rings. The van der Waals surface area contributed by atoms with Gasteiger partial charge in [0.05, 0.1) is 13.2 Å². The molecule has 0 bridgehead atoms. The third-order valence-corrected chi connectivity index (χ3v) is 6.16. The Morgan fingerprint density at radius 1 is 1.17 bits per heavy atom. The highest BCUT2D eigenvalue weighted by Gasteiger charge is 2.44. The summed E-state index contributed by atoms with van der Waals surface area (Å²) >= 11 is 0. The quantitative estimate of drug-likeness (QED) is 0.569. The van der Waals surface area contributed by atoms with E-state index in [2.05, 4.69) is 27.3 Å². The van der Waals surface area contributed by atoms with Crippen molar-refractivity contribution < 1.29 is 9.13 Å². The van der Waals surface area contributed by atoms with Gasteiger partial charge in [0.1, 0.15) is 5.82 Å². The van der Waals surface area contributed by atoms with Gasteiger partial charge in [-0.2, -0.15) is 0 Å². The van der Waals surface area contributed by atoms with Crippen LogP contribution in [-0.4, -0.2) is 44.1 Å². The second kappa shape index (κ2) is 8.95. The van der Waals surface area contributed by atoms with Crippen LogP contribution in [-0.2, 0) is 16.8 Å². The fourth-order valence-electron chi connectivity index (χ4n) is 4.18. The summed E-state index contributed by atoms with van der Waals surface area (Å²) in [6, 6.07) is 17.3. The number of nitrogens with one attached hydrogen (secondary N) is 1. The Morgan fingerprint density at radius 2 is 1.93 bits per heavy atom. The Hall–Kier alpha value is -2.40. The van der Waals surface area contributed by atoms with Crippen LogP contribution < -0.4 is 5.32 Å². The maximum Gasteiger partial charge on any atom is 0.193 e. The smallest absolute Gasteiger partial charge is 0.193 e. The van der Waals surface area contributed by atoms with Crippen LogP contribution in [0, 0.1) is 11.7 Å². The van der Waals surface area contributed by atoms with Gasteiger partial charge in [-0.25, -0.2) is 4.39 Å². The number of halogens is 1. The van der Waals surface area contributed by atoms with Gasteiger partial charge < -0.3 is 15.0 Å². The minimum absolute atomic E-state index is 0.127. The third-order valence-electron chi connectivity index (χ3n) is 6.16. The lowest BCUT2D eigenvalue weighted by Gasteiger charge is -2.24. The number of ether oxygens (including phenoxy) is 1. The zero-order chi connectivity index (χ0) is 20.1. The molecule has 4 nitrogen and oxygen atoms in total. The van der Waals surface area contributed by atoms with Crippen molar-refractivity contribution in [3.05, 3.63) is 71.5 Å². The first kappa shape index (κ1) is 19.9. The van der Waals surface area contributed by atoms with Gasteiger partial charge in [0.15, 0.2) is 5.96 Å². The van der Waals surface area contributed by atoms with E-state index in [1.807, 2.05) is 37.4 Å². The minimum Gasteiger partial charge on any atom is -0.376 e. The van der Waals surface area contributed by atoms with Crippen molar-refractivity contribution in [1.29, 1.82) is 0 Å². The summed E-state index contributed by atoms with van der Waals surface area (Å²) in [5.74, 6) is 1.32. The maximum absolute atomic E-state index is 13.2. The predicted octanol–water partition coefficient (Wildman–Crippen LogP) is 3.97. The molecule has 1 N–H and O–H groups in total. The van der Waals surface area contributed by atoms with E-state index in [4.69, 9.17) is 4.74 Å². The molecule has 1 saturated heterocycles. The van der Waals surface area contributed by atoms with E-state index in [0.717, 1.165) is 51.5 Å². The van der Waals surface area contributed by atoms with Crippen molar-refractivity contribution in [3.8, 4) is 0 Å². The maximum atomic E-state index is 13.2. The molecule has 0 spiro atoms. The van der Waals surface area contributed by atoms with Gasteiger partial charge in [0.25, 0.3) is 0 Å². The van der Waals surface area contributed by atoms with Gasteiger partial charge in [-0.3, -0.25) is 4.99 Å². The number of likely N-dealkylation sites (tertiary alicyclic amines) is 1. The van der Waals surface area contributed by atoms with Crippen molar-refractivity contribution in [2.75, 3.05) is 33.3 Å². The molecule has 1 aliphatic heterocycles. The van der Waals surface area contributed by atoms with Crippen LogP contribution in [0.5, 0.6) is 0 Å². The number of hydrogen-bond donors (Lipinski definition) is 1. The Morgan fingerprint density at radius 3 is 2.62 bits per heavy atom. The topological polar surface area (TPSA) is 36.9 Å². The summed E-state index contributed by atoms with van der Waals surface area (Å²) in [7, 11) is 1.85. The highest BCUT2D eigenvalue weighted by atomic mass is 19.1. The fraction of sp³-hybridized carbons (Fsp3) is 0.458. The van der Waals surface area contributed by atoms with E-state index < -0.39 is 0 Å². The molecule has 0 radical (unpaired) electrons. The summed E-state index contributed by atoms with van der Waals surface area (Å²) in [5.41, 5.74) is 2.56.